The van der Waals surface area contributed by atoms with Gasteiger partial charge in [0.2, 0.25) is 0 Å². The van der Waals surface area contributed by atoms with Crippen LogP contribution in [0.4, 0.5) is 4.39 Å². The van der Waals surface area contributed by atoms with Gasteiger partial charge in [0.25, 0.3) is 0 Å². The van der Waals surface area contributed by atoms with Gasteiger partial charge in [0.1, 0.15) is 17.3 Å². The van der Waals surface area contributed by atoms with Crippen molar-refractivity contribution < 1.29 is 33.0 Å². The molecule has 0 aliphatic rings. The van der Waals surface area contributed by atoms with Crippen LogP contribution in [0.3, 0.4) is 0 Å². The minimum Gasteiger partial charge on any atom is -0.462 e. The van der Waals surface area contributed by atoms with E-state index >= 15 is 0 Å². The Morgan fingerprint density at radius 1 is 0.867 bits per heavy atom. The Morgan fingerprint density at radius 2 is 1.47 bits per heavy atom. The Kier molecular flexibility index (Phi) is 7.63. The van der Waals surface area contributed by atoms with Crippen LogP contribution in [0.2, 0.25) is 0 Å². The van der Waals surface area contributed by atoms with E-state index in [0.717, 1.165) is 11.6 Å². The third kappa shape index (κ3) is 6.41. The molecule has 7 heteroatoms. The SMILES string of the molecule is C=C(C)C(=O)OCCc1ccc(OC(=O)c2ccc(OC(=O)C(=C)C)cc2F)cc1. The number of esters is 3. The fourth-order valence-corrected chi connectivity index (χ4v) is 2.19. The molecule has 0 aliphatic heterocycles. The molecule has 0 fully saturated rings. The number of carbonyl (C=O) groups excluding carboxylic acids is 3. The second-order valence-corrected chi connectivity index (χ2v) is 6.51. The van der Waals surface area contributed by atoms with E-state index in [2.05, 4.69) is 13.2 Å². The van der Waals surface area contributed by atoms with Crippen LogP contribution in [0.25, 0.3) is 0 Å². The molecule has 2 rings (SSSR count). The predicted molar refractivity (Wildman–Crippen MR) is 108 cm³/mol. The molecule has 0 atom stereocenters. The molecular formula is C23H21FO6. The fourth-order valence-electron chi connectivity index (χ4n) is 2.19. The maximum Gasteiger partial charge on any atom is 0.346 e. The van der Waals surface area contributed by atoms with Gasteiger partial charge in [0, 0.05) is 23.6 Å². The summed E-state index contributed by atoms with van der Waals surface area (Å²) in [6, 6.07) is 9.89. The number of carbonyl (C=O) groups is 3. The van der Waals surface area contributed by atoms with E-state index in [1.54, 1.807) is 31.2 Å². The van der Waals surface area contributed by atoms with Crippen LogP contribution in [0.5, 0.6) is 11.5 Å². The van der Waals surface area contributed by atoms with Gasteiger partial charge in [-0.2, -0.15) is 0 Å². The van der Waals surface area contributed by atoms with Gasteiger partial charge in [-0.3, -0.25) is 0 Å². The van der Waals surface area contributed by atoms with E-state index in [9.17, 15) is 18.8 Å². The van der Waals surface area contributed by atoms with Crippen LogP contribution in [0.1, 0.15) is 29.8 Å². The van der Waals surface area contributed by atoms with E-state index in [4.69, 9.17) is 14.2 Å². The van der Waals surface area contributed by atoms with Gasteiger partial charge in [-0.25, -0.2) is 18.8 Å². The van der Waals surface area contributed by atoms with E-state index in [0.29, 0.717) is 12.0 Å². The van der Waals surface area contributed by atoms with E-state index in [-0.39, 0.29) is 29.2 Å². The quantitative estimate of drug-likeness (QED) is 0.368. The highest BCUT2D eigenvalue weighted by atomic mass is 19.1. The molecule has 0 amide bonds. The molecule has 0 bridgehead atoms. The lowest BCUT2D eigenvalue weighted by Crippen LogP contribution is -2.12. The number of hydrogen-bond donors (Lipinski definition) is 0. The second kappa shape index (κ2) is 10.2. The third-order valence-electron chi connectivity index (χ3n) is 3.83. The molecule has 6 nitrogen and oxygen atoms in total. The lowest BCUT2D eigenvalue weighted by molar-refractivity contribution is -0.138. The summed E-state index contributed by atoms with van der Waals surface area (Å²) in [7, 11) is 0. The molecule has 0 saturated heterocycles. The molecule has 0 spiro atoms. The molecule has 0 N–H and O–H groups in total. The summed E-state index contributed by atoms with van der Waals surface area (Å²) in [6.07, 6.45) is 0.478. The summed E-state index contributed by atoms with van der Waals surface area (Å²) in [5, 5.41) is 0. The van der Waals surface area contributed by atoms with E-state index < -0.39 is 23.7 Å². The summed E-state index contributed by atoms with van der Waals surface area (Å²) in [4.78, 5) is 35.0. The number of hydrogen-bond acceptors (Lipinski definition) is 6. The van der Waals surface area contributed by atoms with Crippen LogP contribution in [0.15, 0.2) is 66.8 Å². The highest BCUT2D eigenvalue weighted by Crippen LogP contribution is 2.20. The van der Waals surface area contributed by atoms with Gasteiger partial charge < -0.3 is 14.2 Å². The van der Waals surface area contributed by atoms with Gasteiger partial charge in [0.05, 0.1) is 12.2 Å². The Bertz CT molecular complexity index is 991. The number of halogens is 1. The lowest BCUT2D eigenvalue weighted by Gasteiger charge is -2.08. The minimum atomic E-state index is -0.895. The standard InChI is InChI=1S/C23H21FO6/c1-14(2)21(25)28-12-11-16-5-7-17(8-6-16)29-23(27)19-10-9-18(13-20(19)24)30-22(26)15(3)4/h5-10,13H,1,3,11-12H2,2,4H3. The summed E-state index contributed by atoms with van der Waals surface area (Å²) >= 11 is 0. The molecule has 0 radical (unpaired) electrons. The number of rotatable bonds is 8. The molecule has 156 valence electrons. The zero-order valence-corrected chi connectivity index (χ0v) is 16.7. The molecule has 2 aromatic rings. The minimum absolute atomic E-state index is 0.0475. The third-order valence-corrected chi connectivity index (χ3v) is 3.83. The van der Waals surface area contributed by atoms with Gasteiger partial charge >= 0.3 is 17.9 Å². The average Bonchev–Trinajstić information content (AvgIpc) is 2.69. The van der Waals surface area contributed by atoms with Crippen molar-refractivity contribution in [2.45, 2.75) is 20.3 Å². The molecule has 0 heterocycles. The van der Waals surface area contributed by atoms with Crippen LogP contribution in [-0.2, 0) is 20.7 Å². The Balaban J connectivity index is 1.95. The summed E-state index contributed by atoms with van der Waals surface area (Å²) in [6.45, 7) is 10.2. The summed E-state index contributed by atoms with van der Waals surface area (Å²) in [5.74, 6) is -2.76. The van der Waals surface area contributed by atoms with Gasteiger partial charge in [-0.05, 0) is 43.7 Å². The zero-order valence-electron chi connectivity index (χ0n) is 16.7. The first-order chi connectivity index (χ1) is 14.2. The van der Waals surface area contributed by atoms with Crippen molar-refractivity contribution in [3.63, 3.8) is 0 Å². The Labute approximate surface area is 173 Å². The summed E-state index contributed by atoms with van der Waals surface area (Å²) < 4.78 is 29.3. The first-order valence-electron chi connectivity index (χ1n) is 8.98. The van der Waals surface area contributed by atoms with Crippen molar-refractivity contribution >= 4 is 17.9 Å². The monoisotopic (exact) mass is 412 g/mol. The Hall–Kier alpha value is -3.74. The normalized spacial score (nSPS) is 10.1. The van der Waals surface area contributed by atoms with Gasteiger partial charge in [-0.1, -0.05) is 25.3 Å². The Morgan fingerprint density at radius 3 is 2.03 bits per heavy atom. The first kappa shape index (κ1) is 22.5. The van der Waals surface area contributed by atoms with Crippen LogP contribution < -0.4 is 9.47 Å². The molecule has 0 aromatic heterocycles. The van der Waals surface area contributed by atoms with Crippen molar-refractivity contribution in [3.8, 4) is 11.5 Å². The van der Waals surface area contributed by atoms with Gasteiger partial charge in [-0.15, -0.1) is 0 Å². The average molecular weight is 412 g/mol. The smallest absolute Gasteiger partial charge is 0.346 e. The molecule has 2 aromatic carbocycles. The number of ether oxygens (including phenoxy) is 3. The number of benzene rings is 2. The summed E-state index contributed by atoms with van der Waals surface area (Å²) in [5.41, 5.74) is 1.04. The van der Waals surface area contributed by atoms with Crippen LogP contribution >= 0.6 is 0 Å². The van der Waals surface area contributed by atoms with Crippen LogP contribution in [0, 0.1) is 5.82 Å². The first-order valence-corrected chi connectivity index (χ1v) is 8.98. The molecule has 30 heavy (non-hydrogen) atoms. The van der Waals surface area contributed by atoms with Crippen molar-refractivity contribution in [3.05, 3.63) is 83.7 Å². The maximum absolute atomic E-state index is 14.2. The second-order valence-electron chi connectivity index (χ2n) is 6.51. The largest absolute Gasteiger partial charge is 0.462 e. The van der Waals surface area contributed by atoms with Crippen LogP contribution in [-0.4, -0.2) is 24.5 Å². The van der Waals surface area contributed by atoms with E-state index in [1.807, 2.05) is 0 Å². The topological polar surface area (TPSA) is 78.9 Å². The highest BCUT2D eigenvalue weighted by molar-refractivity contribution is 5.92. The molecule has 0 unspecified atom stereocenters. The van der Waals surface area contributed by atoms with E-state index in [1.165, 1.54) is 19.1 Å². The molecule has 0 saturated carbocycles. The zero-order chi connectivity index (χ0) is 22.3. The lowest BCUT2D eigenvalue weighted by atomic mass is 10.1. The van der Waals surface area contributed by atoms with Crippen molar-refractivity contribution in [1.82, 2.24) is 0 Å². The highest BCUT2D eigenvalue weighted by Gasteiger charge is 2.16. The predicted octanol–water partition coefficient (Wildman–Crippen LogP) is 4.19. The van der Waals surface area contributed by atoms with Crippen molar-refractivity contribution in [1.29, 1.82) is 0 Å². The fraction of sp³-hybridized carbons (Fsp3) is 0.174. The molecular weight excluding hydrogens is 391 g/mol. The van der Waals surface area contributed by atoms with Crippen molar-refractivity contribution in [2.24, 2.45) is 0 Å². The van der Waals surface area contributed by atoms with Gasteiger partial charge in [0.15, 0.2) is 0 Å². The van der Waals surface area contributed by atoms with Crippen molar-refractivity contribution in [2.75, 3.05) is 6.61 Å². The maximum atomic E-state index is 14.2. The molecule has 0 aliphatic carbocycles.